The predicted molar refractivity (Wildman–Crippen MR) is 70.5 cm³/mol. The van der Waals surface area contributed by atoms with Crippen molar-refractivity contribution < 1.29 is 0 Å². The maximum absolute atomic E-state index is 4.36. The van der Waals surface area contributed by atoms with Crippen LogP contribution in [-0.4, -0.2) is 32.8 Å². The Kier molecular flexibility index (Phi) is 3.37. The second-order valence-electron chi connectivity index (χ2n) is 4.81. The summed E-state index contributed by atoms with van der Waals surface area (Å²) in [5.41, 5.74) is 1.32. The van der Waals surface area contributed by atoms with Gasteiger partial charge in [0.15, 0.2) is 5.82 Å². The molecule has 2 aromatic heterocycles. The molecule has 1 saturated heterocycles. The molecule has 1 fully saturated rings. The zero-order valence-electron chi connectivity index (χ0n) is 10.5. The smallest absolute Gasteiger partial charge is 0.153 e. The Labute approximate surface area is 107 Å². The van der Waals surface area contributed by atoms with E-state index in [9.17, 15) is 0 Å². The van der Waals surface area contributed by atoms with Crippen LogP contribution in [0.3, 0.4) is 0 Å². The van der Waals surface area contributed by atoms with Crippen molar-refractivity contribution in [2.75, 3.05) is 13.1 Å². The quantitative estimate of drug-likeness (QED) is 0.828. The molecule has 2 aromatic rings. The summed E-state index contributed by atoms with van der Waals surface area (Å²) in [6, 6.07) is 6.14. The van der Waals surface area contributed by atoms with Crippen LogP contribution >= 0.6 is 0 Å². The Morgan fingerprint density at radius 1 is 1.11 bits per heavy atom. The Bertz CT molecular complexity index is 486. The van der Waals surface area contributed by atoms with Crippen molar-refractivity contribution in [1.82, 2.24) is 19.7 Å². The molecule has 18 heavy (non-hydrogen) atoms. The minimum absolute atomic E-state index is 0.898. The van der Waals surface area contributed by atoms with Crippen LogP contribution in [0.25, 0.3) is 5.82 Å². The third-order valence-corrected chi connectivity index (χ3v) is 3.40. The van der Waals surface area contributed by atoms with Crippen LogP contribution in [0, 0.1) is 0 Å². The lowest BCUT2D eigenvalue weighted by atomic mass is 10.1. The molecule has 94 valence electrons. The fourth-order valence-corrected chi connectivity index (χ4v) is 2.46. The highest BCUT2D eigenvalue weighted by Crippen LogP contribution is 2.14. The molecule has 0 bridgehead atoms. The van der Waals surface area contributed by atoms with Crippen molar-refractivity contribution in [2.45, 2.75) is 25.8 Å². The lowest BCUT2D eigenvalue weighted by Gasteiger charge is -2.26. The van der Waals surface area contributed by atoms with Gasteiger partial charge in [-0.15, -0.1) is 0 Å². The summed E-state index contributed by atoms with van der Waals surface area (Å²) in [5, 5.41) is 4.21. The second kappa shape index (κ2) is 5.31. The van der Waals surface area contributed by atoms with Gasteiger partial charge in [0.25, 0.3) is 0 Å². The van der Waals surface area contributed by atoms with Crippen molar-refractivity contribution in [3.63, 3.8) is 0 Å². The minimum atomic E-state index is 0.898. The van der Waals surface area contributed by atoms with Gasteiger partial charge in [-0.05, 0) is 49.7 Å². The van der Waals surface area contributed by atoms with Crippen LogP contribution in [0.2, 0.25) is 0 Å². The predicted octanol–water partition coefficient (Wildman–Crippen LogP) is 2.25. The third-order valence-electron chi connectivity index (χ3n) is 3.40. The number of hydrogen-bond donors (Lipinski definition) is 0. The van der Waals surface area contributed by atoms with Crippen LogP contribution in [0.15, 0.2) is 36.8 Å². The number of hydrogen-bond acceptors (Lipinski definition) is 3. The molecule has 0 amide bonds. The van der Waals surface area contributed by atoms with E-state index in [0.29, 0.717) is 0 Å². The maximum Gasteiger partial charge on any atom is 0.153 e. The van der Waals surface area contributed by atoms with Crippen molar-refractivity contribution in [2.24, 2.45) is 0 Å². The molecule has 4 nitrogen and oxygen atoms in total. The zero-order chi connectivity index (χ0) is 12.2. The first kappa shape index (κ1) is 11.4. The van der Waals surface area contributed by atoms with E-state index in [4.69, 9.17) is 0 Å². The lowest BCUT2D eigenvalue weighted by Crippen LogP contribution is -2.29. The van der Waals surface area contributed by atoms with Crippen molar-refractivity contribution in [1.29, 1.82) is 0 Å². The number of likely N-dealkylation sites (tertiary alicyclic amines) is 1. The molecule has 3 heterocycles. The Morgan fingerprint density at radius 3 is 2.78 bits per heavy atom. The minimum Gasteiger partial charge on any atom is -0.299 e. The highest BCUT2D eigenvalue weighted by molar-refractivity contribution is 5.26. The van der Waals surface area contributed by atoms with E-state index in [-0.39, 0.29) is 0 Å². The first-order chi connectivity index (χ1) is 8.92. The van der Waals surface area contributed by atoms with Gasteiger partial charge in [0.1, 0.15) is 0 Å². The SMILES string of the molecule is c1cnn(-c2cc(CN3CCCCC3)ccn2)c1. The molecule has 0 saturated carbocycles. The summed E-state index contributed by atoms with van der Waals surface area (Å²) in [4.78, 5) is 6.88. The molecule has 0 radical (unpaired) electrons. The van der Waals surface area contributed by atoms with Gasteiger partial charge in [-0.25, -0.2) is 9.67 Å². The van der Waals surface area contributed by atoms with Crippen molar-refractivity contribution in [3.8, 4) is 5.82 Å². The monoisotopic (exact) mass is 242 g/mol. The van der Waals surface area contributed by atoms with E-state index >= 15 is 0 Å². The average molecular weight is 242 g/mol. The molecule has 0 unspecified atom stereocenters. The Morgan fingerprint density at radius 2 is 2.00 bits per heavy atom. The van der Waals surface area contributed by atoms with Crippen molar-refractivity contribution >= 4 is 0 Å². The van der Waals surface area contributed by atoms with Crippen LogP contribution in [0.4, 0.5) is 0 Å². The van der Waals surface area contributed by atoms with E-state index in [0.717, 1.165) is 12.4 Å². The molecule has 4 heteroatoms. The number of aromatic nitrogens is 3. The molecular weight excluding hydrogens is 224 g/mol. The molecule has 3 rings (SSSR count). The van der Waals surface area contributed by atoms with Gasteiger partial charge < -0.3 is 0 Å². The molecule has 0 atom stereocenters. The fraction of sp³-hybridized carbons (Fsp3) is 0.429. The van der Waals surface area contributed by atoms with Gasteiger partial charge in [0.2, 0.25) is 0 Å². The summed E-state index contributed by atoms with van der Waals surface area (Å²) in [7, 11) is 0. The Hall–Kier alpha value is -1.68. The molecule has 1 aliphatic rings. The Balaban J connectivity index is 1.74. The summed E-state index contributed by atoms with van der Waals surface area (Å²) in [5.74, 6) is 0.898. The lowest BCUT2D eigenvalue weighted by molar-refractivity contribution is 0.221. The van der Waals surface area contributed by atoms with E-state index in [2.05, 4.69) is 27.1 Å². The number of pyridine rings is 1. The van der Waals surface area contributed by atoms with Gasteiger partial charge in [0.05, 0.1) is 0 Å². The topological polar surface area (TPSA) is 34.0 Å². The van der Waals surface area contributed by atoms with Gasteiger partial charge in [-0.2, -0.15) is 5.10 Å². The first-order valence-electron chi connectivity index (χ1n) is 6.59. The van der Waals surface area contributed by atoms with Gasteiger partial charge in [-0.1, -0.05) is 6.42 Å². The van der Waals surface area contributed by atoms with Crippen molar-refractivity contribution in [3.05, 3.63) is 42.4 Å². The van der Waals surface area contributed by atoms with E-state index < -0.39 is 0 Å². The van der Waals surface area contributed by atoms with Crippen LogP contribution in [0.5, 0.6) is 0 Å². The standard InChI is InChI=1S/C14H18N4/c1-2-8-17(9-3-1)12-13-5-7-15-14(11-13)18-10-4-6-16-18/h4-7,10-11H,1-3,8-9,12H2. The number of rotatable bonds is 3. The van der Waals surface area contributed by atoms with Crippen LogP contribution < -0.4 is 0 Å². The largest absolute Gasteiger partial charge is 0.299 e. The molecule has 0 aliphatic carbocycles. The van der Waals surface area contributed by atoms with E-state index in [1.54, 1.807) is 10.9 Å². The fourth-order valence-electron chi connectivity index (χ4n) is 2.46. The molecule has 0 spiro atoms. The zero-order valence-corrected chi connectivity index (χ0v) is 10.5. The first-order valence-corrected chi connectivity index (χ1v) is 6.59. The molecular formula is C14H18N4. The summed E-state index contributed by atoms with van der Waals surface area (Å²) in [6.07, 6.45) is 9.61. The summed E-state index contributed by atoms with van der Waals surface area (Å²) in [6.45, 7) is 3.47. The van der Waals surface area contributed by atoms with Gasteiger partial charge >= 0.3 is 0 Å². The van der Waals surface area contributed by atoms with Gasteiger partial charge in [-0.3, -0.25) is 4.90 Å². The third kappa shape index (κ3) is 2.59. The average Bonchev–Trinajstić information content (AvgIpc) is 2.94. The molecule has 0 aromatic carbocycles. The van der Waals surface area contributed by atoms with Crippen LogP contribution in [-0.2, 0) is 6.54 Å². The molecule has 1 aliphatic heterocycles. The van der Waals surface area contributed by atoms with Gasteiger partial charge in [0, 0.05) is 25.1 Å². The highest BCUT2D eigenvalue weighted by Gasteiger charge is 2.10. The summed E-state index contributed by atoms with van der Waals surface area (Å²) < 4.78 is 1.81. The molecule has 0 N–H and O–H groups in total. The number of nitrogens with zero attached hydrogens (tertiary/aromatic N) is 4. The van der Waals surface area contributed by atoms with Crippen LogP contribution in [0.1, 0.15) is 24.8 Å². The maximum atomic E-state index is 4.36. The van der Waals surface area contributed by atoms with E-state index in [1.807, 2.05) is 18.5 Å². The van der Waals surface area contributed by atoms with E-state index in [1.165, 1.54) is 37.9 Å². The number of piperidine rings is 1. The normalized spacial score (nSPS) is 16.9. The summed E-state index contributed by atoms with van der Waals surface area (Å²) >= 11 is 0. The highest BCUT2D eigenvalue weighted by atomic mass is 15.3. The second-order valence-corrected chi connectivity index (χ2v) is 4.81.